The Morgan fingerprint density at radius 1 is 0.800 bits per heavy atom. The van der Waals surface area contributed by atoms with E-state index in [2.05, 4.69) is 66.4 Å². The number of fused-ring (bicyclic) bond motifs is 1. The Morgan fingerprint density at radius 3 is 2.16 bits per heavy atom. The molecular formula is C22H27ClN2. The molecule has 132 valence electrons. The third kappa shape index (κ3) is 5.18. The molecule has 2 aromatic rings. The molecule has 2 aliphatic heterocycles. The van der Waals surface area contributed by atoms with E-state index in [4.69, 9.17) is 11.6 Å². The molecule has 0 saturated heterocycles. The van der Waals surface area contributed by atoms with Gasteiger partial charge in [-0.05, 0) is 61.3 Å². The standard InChI is InChI=1S/C12H14ClN.C10H13N/c1-14-8-6-11(7-9-14)10-2-4-12(13)5-3-10;1-11-7-6-9-4-2-3-5-10(9)8-11/h2-6H,7-9H2,1H3;2-5H,6-8H2,1H3. The topological polar surface area (TPSA) is 6.48 Å². The van der Waals surface area contributed by atoms with Crippen molar-refractivity contribution in [2.75, 3.05) is 33.7 Å². The van der Waals surface area contributed by atoms with Crippen molar-refractivity contribution in [3.8, 4) is 0 Å². The van der Waals surface area contributed by atoms with Crippen LogP contribution in [0, 0.1) is 0 Å². The van der Waals surface area contributed by atoms with Crippen LogP contribution in [0.3, 0.4) is 0 Å². The first-order valence-corrected chi connectivity index (χ1v) is 9.38. The summed E-state index contributed by atoms with van der Waals surface area (Å²) in [6, 6.07) is 16.8. The first-order valence-electron chi connectivity index (χ1n) is 9.00. The van der Waals surface area contributed by atoms with E-state index < -0.39 is 0 Å². The van der Waals surface area contributed by atoms with E-state index >= 15 is 0 Å². The van der Waals surface area contributed by atoms with Gasteiger partial charge in [-0.25, -0.2) is 0 Å². The Labute approximate surface area is 156 Å². The number of benzene rings is 2. The summed E-state index contributed by atoms with van der Waals surface area (Å²) < 4.78 is 0. The van der Waals surface area contributed by atoms with Crippen molar-refractivity contribution in [2.24, 2.45) is 0 Å². The summed E-state index contributed by atoms with van der Waals surface area (Å²) >= 11 is 5.85. The molecule has 0 N–H and O–H groups in total. The molecule has 4 rings (SSSR count). The van der Waals surface area contributed by atoms with Crippen molar-refractivity contribution in [3.63, 3.8) is 0 Å². The maximum absolute atomic E-state index is 5.85. The minimum absolute atomic E-state index is 0.808. The SMILES string of the molecule is CN1CC=C(c2ccc(Cl)cc2)CC1.CN1CCc2ccccc2C1. The molecule has 2 aliphatic rings. The lowest BCUT2D eigenvalue weighted by molar-refractivity contribution is 0.313. The van der Waals surface area contributed by atoms with Gasteiger partial charge in [0.25, 0.3) is 0 Å². The molecule has 0 spiro atoms. The van der Waals surface area contributed by atoms with Crippen molar-refractivity contribution >= 4 is 17.2 Å². The average Bonchev–Trinajstić information content (AvgIpc) is 2.64. The molecule has 0 saturated carbocycles. The van der Waals surface area contributed by atoms with E-state index in [9.17, 15) is 0 Å². The molecule has 2 heterocycles. The van der Waals surface area contributed by atoms with Gasteiger partial charge in [-0.15, -0.1) is 0 Å². The summed E-state index contributed by atoms with van der Waals surface area (Å²) in [5.74, 6) is 0. The fourth-order valence-electron chi connectivity index (χ4n) is 3.33. The quantitative estimate of drug-likeness (QED) is 0.730. The Bertz CT molecular complexity index is 721. The smallest absolute Gasteiger partial charge is 0.0406 e. The first kappa shape index (κ1) is 18.2. The van der Waals surface area contributed by atoms with Crippen LogP contribution >= 0.6 is 11.6 Å². The summed E-state index contributed by atoms with van der Waals surface area (Å²) in [7, 11) is 4.32. The third-order valence-electron chi connectivity index (χ3n) is 4.95. The number of hydrogen-bond donors (Lipinski definition) is 0. The molecule has 0 unspecified atom stereocenters. The third-order valence-corrected chi connectivity index (χ3v) is 5.20. The van der Waals surface area contributed by atoms with Crippen LogP contribution in [0.2, 0.25) is 5.02 Å². The second-order valence-electron chi connectivity index (χ2n) is 7.00. The fraction of sp³-hybridized carbons (Fsp3) is 0.364. The highest BCUT2D eigenvalue weighted by molar-refractivity contribution is 6.30. The largest absolute Gasteiger partial charge is 0.302 e. The van der Waals surface area contributed by atoms with Gasteiger partial charge in [0.1, 0.15) is 0 Å². The molecule has 0 aliphatic carbocycles. The summed E-state index contributed by atoms with van der Waals surface area (Å²) in [6.45, 7) is 4.53. The van der Waals surface area contributed by atoms with E-state index in [1.807, 2.05) is 12.1 Å². The van der Waals surface area contributed by atoms with E-state index in [0.717, 1.165) is 31.1 Å². The highest BCUT2D eigenvalue weighted by Crippen LogP contribution is 2.23. The van der Waals surface area contributed by atoms with Crippen LogP contribution in [0.5, 0.6) is 0 Å². The molecular weight excluding hydrogens is 328 g/mol. The van der Waals surface area contributed by atoms with Crippen LogP contribution < -0.4 is 0 Å². The second kappa shape index (κ2) is 8.66. The van der Waals surface area contributed by atoms with Gasteiger partial charge < -0.3 is 9.80 Å². The maximum Gasteiger partial charge on any atom is 0.0406 e. The molecule has 2 aromatic carbocycles. The molecule has 0 bridgehead atoms. The highest BCUT2D eigenvalue weighted by atomic mass is 35.5. The molecule has 0 fully saturated rings. The van der Waals surface area contributed by atoms with Crippen LogP contribution in [0.1, 0.15) is 23.1 Å². The zero-order valence-corrected chi connectivity index (χ0v) is 16.0. The molecule has 0 radical (unpaired) electrons. The van der Waals surface area contributed by atoms with Crippen molar-refractivity contribution in [1.29, 1.82) is 0 Å². The lowest BCUT2D eigenvalue weighted by Gasteiger charge is -2.24. The Morgan fingerprint density at radius 2 is 1.48 bits per heavy atom. The normalized spacial score (nSPS) is 18.0. The number of halogens is 1. The Balaban J connectivity index is 0.000000150. The predicted octanol–water partition coefficient (Wildman–Crippen LogP) is 4.73. The average molecular weight is 355 g/mol. The number of nitrogens with zero attached hydrogens (tertiary/aromatic N) is 2. The summed E-state index contributed by atoms with van der Waals surface area (Å²) in [5.41, 5.74) is 5.79. The molecule has 2 nitrogen and oxygen atoms in total. The Kier molecular flexibility index (Phi) is 6.30. The summed E-state index contributed by atoms with van der Waals surface area (Å²) in [6.07, 6.45) is 4.65. The first-order chi connectivity index (χ1) is 12.1. The lowest BCUT2D eigenvalue weighted by Crippen LogP contribution is -2.26. The van der Waals surface area contributed by atoms with Gasteiger partial charge in [-0.3, -0.25) is 0 Å². The number of likely N-dealkylation sites (N-methyl/N-ethyl adjacent to an activating group) is 2. The van der Waals surface area contributed by atoms with Gasteiger partial charge in [0, 0.05) is 31.2 Å². The van der Waals surface area contributed by atoms with Gasteiger partial charge in [0.15, 0.2) is 0 Å². The molecule has 25 heavy (non-hydrogen) atoms. The number of rotatable bonds is 1. The summed E-state index contributed by atoms with van der Waals surface area (Å²) in [4.78, 5) is 4.68. The maximum atomic E-state index is 5.85. The fourth-order valence-corrected chi connectivity index (χ4v) is 3.46. The van der Waals surface area contributed by atoms with Crippen molar-refractivity contribution in [1.82, 2.24) is 9.80 Å². The zero-order valence-electron chi connectivity index (χ0n) is 15.2. The molecule has 3 heteroatoms. The van der Waals surface area contributed by atoms with Gasteiger partial charge in [-0.2, -0.15) is 0 Å². The molecule has 0 aromatic heterocycles. The highest BCUT2D eigenvalue weighted by Gasteiger charge is 2.11. The van der Waals surface area contributed by atoms with Gasteiger partial charge in [-0.1, -0.05) is 54.1 Å². The van der Waals surface area contributed by atoms with E-state index in [1.165, 1.54) is 35.2 Å². The van der Waals surface area contributed by atoms with Gasteiger partial charge in [0.05, 0.1) is 0 Å². The van der Waals surface area contributed by atoms with E-state index in [-0.39, 0.29) is 0 Å². The van der Waals surface area contributed by atoms with E-state index in [1.54, 1.807) is 0 Å². The molecule has 0 amide bonds. The van der Waals surface area contributed by atoms with Crippen molar-refractivity contribution in [2.45, 2.75) is 19.4 Å². The van der Waals surface area contributed by atoms with Crippen molar-refractivity contribution < 1.29 is 0 Å². The molecule has 0 atom stereocenters. The second-order valence-corrected chi connectivity index (χ2v) is 7.44. The lowest BCUT2D eigenvalue weighted by atomic mass is 10.00. The zero-order chi connectivity index (χ0) is 17.6. The van der Waals surface area contributed by atoms with Crippen LogP contribution in [-0.2, 0) is 13.0 Å². The number of hydrogen-bond acceptors (Lipinski definition) is 2. The van der Waals surface area contributed by atoms with Crippen LogP contribution in [-0.4, -0.2) is 43.5 Å². The van der Waals surface area contributed by atoms with Crippen LogP contribution in [0.25, 0.3) is 5.57 Å². The van der Waals surface area contributed by atoms with E-state index in [0.29, 0.717) is 0 Å². The Hall–Kier alpha value is -1.61. The van der Waals surface area contributed by atoms with Gasteiger partial charge >= 0.3 is 0 Å². The summed E-state index contributed by atoms with van der Waals surface area (Å²) in [5, 5.41) is 0.808. The monoisotopic (exact) mass is 354 g/mol. The van der Waals surface area contributed by atoms with Gasteiger partial charge in [0.2, 0.25) is 0 Å². The van der Waals surface area contributed by atoms with Crippen LogP contribution in [0.15, 0.2) is 54.6 Å². The van der Waals surface area contributed by atoms with Crippen molar-refractivity contribution in [3.05, 3.63) is 76.3 Å². The minimum atomic E-state index is 0.808. The predicted molar refractivity (Wildman–Crippen MR) is 108 cm³/mol. The van der Waals surface area contributed by atoms with Crippen LogP contribution in [0.4, 0.5) is 0 Å². The minimum Gasteiger partial charge on any atom is -0.302 e.